The number of hydrogen-bond acceptors (Lipinski definition) is 8. The first-order valence-electron chi connectivity index (χ1n) is 12.9. The van der Waals surface area contributed by atoms with Crippen LogP contribution in [0.1, 0.15) is 51.0 Å². The molecule has 1 aliphatic carbocycles. The van der Waals surface area contributed by atoms with Crippen molar-refractivity contribution in [3.63, 3.8) is 0 Å². The second-order valence-electron chi connectivity index (χ2n) is 10.7. The fourth-order valence-corrected chi connectivity index (χ4v) is 5.22. The number of anilines is 3. The number of nitrogens with one attached hydrogen (secondary N) is 3. The Balaban J connectivity index is 1.42. The molecular formula is C28H31FN8. The van der Waals surface area contributed by atoms with Gasteiger partial charge in [0.15, 0.2) is 5.82 Å². The summed E-state index contributed by atoms with van der Waals surface area (Å²) in [5.74, 6) is 2.51. The van der Waals surface area contributed by atoms with Crippen LogP contribution in [-0.4, -0.2) is 44.1 Å². The molecule has 1 aliphatic heterocycles. The number of aromatic nitrogens is 5. The molecule has 4 aromatic rings. The van der Waals surface area contributed by atoms with Crippen LogP contribution < -0.4 is 16.0 Å². The molecule has 3 N–H and O–H groups in total. The third-order valence-corrected chi connectivity index (χ3v) is 7.62. The molecule has 9 heteroatoms. The summed E-state index contributed by atoms with van der Waals surface area (Å²) in [6, 6.07) is 6.65. The lowest BCUT2D eigenvalue weighted by molar-refractivity contribution is 0.236. The predicted molar refractivity (Wildman–Crippen MR) is 143 cm³/mol. The summed E-state index contributed by atoms with van der Waals surface area (Å²) in [7, 11) is 0. The number of piperidine rings is 1. The molecular weight excluding hydrogens is 467 g/mol. The van der Waals surface area contributed by atoms with E-state index in [0.717, 1.165) is 41.8 Å². The number of fused-ring (bicyclic) bond motifs is 1. The second-order valence-corrected chi connectivity index (χ2v) is 10.7. The van der Waals surface area contributed by atoms with Gasteiger partial charge in [-0.2, -0.15) is 0 Å². The predicted octanol–water partition coefficient (Wildman–Crippen LogP) is 5.43. The van der Waals surface area contributed by atoms with Crippen LogP contribution in [0.4, 0.5) is 21.8 Å². The Morgan fingerprint density at radius 2 is 1.81 bits per heavy atom. The number of nitrogens with zero attached hydrogens (tertiary/aromatic N) is 5. The minimum Gasteiger partial charge on any atom is -0.366 e. The van der Waals surface area contributed by atoms with Crippen molar-refractivity contribution in [2.24, 2.45) is 5.41 Å². The Morgan fingerprint density at radius 3 is 2.57 bits per heavy atom. The topological polar surface area (TPSA) is 101 Å². The van der Waals surface area contributed by atoms with E-state index in [1.165, 1.54) is 43.2 Å². The first-order chi connectivity index (χ1) is 18.0. The van der Waals surface area contributed by atoms with E-state index in [0.29, 0.717) is 23.4 Å². The van der Waals surface area contributed by atoms with E-state index in [2.05, 4.69) is 44.7 Å². The molecule has 4 aromatic heterocycles. The molecule has 190 valence electrons. The highest BCUT2D eigenvalue weighted by Crippen LogP contribution is 2.42. The van der Waals surface area contributed by atoms with Crippen molar-refractivity contribution in [1.29, 1.82) is 0 Å². The molecule has 6 rings (SSSR count). The maximum Gasteiger partial charge on any atom is 0.162 e. The van der Waals surface area contributed by atoms with Crippen molar-refractivity contribution in [3.8, 4) is 11.4 Å². The smallest absolute Gasteiger partial charge is 0.162 e. The van der Waals surface area contributed by atoms with E-state index in [-0.39, 0.29) is 17.3 Å². The minimum absolute atomic E-state index is 0.0745. The Hall–Kier alpha value is -3.72. The molecule has 2 fully saturated rings. The Labute approximate surface area is 215 Å². The minimum atomic E-state index is -0.363. The van der Waals surface area contributed by atoms with Crippen molar-refractivity contribution in [2.45, 2.75) is 51.5 Å². The average Bonchev–Trinajstić information content (AvgIpc) is 2.84. The molecule has 0 radical (unpaired) electrons. The molecule has 0 bridgehead atoms. The van der Waals surface area contributed by atoms with Crippen LogP contribution in [0.5, 0.6) is 0 Å². The van der Waals surface area contributed by atoms with E-state index >= 15 is 0 Å². The van der Waals surface area contributed by atoms with Crippen LogP contribution in [0, 0.1) is 11.2 Å². The number of rotatable bonds is 6. The third-order valence-electron chi connectivity index (χ3n) is 7.62. The van der Waals surface area contributed by atoms with Crippen LogP contribution in [-0.2, 0) is 0 Å². The number of pyridine rings is 3. The largest absolute Gasteiger partial charge is 0.366 e. The molecule has 0 spiro atoms. The molecule has 2 aliphatic rings. The Bertz CT molecular complexity index is 1440. The maximum absolute atomic E-state index is 13.6. The Kier molecular flexibility index (Phi) is 6.16. The van der Waals surface area contributed by atoms with Crippen LogP contribution in [0.25, 0.3) is 22.3 Å². The first kappa shape index (κ1) is 23.7. The first-order valence-corrected chi connectivity index (χ1v) is 12.9. The van der Waals surface area contributed by atoms with Crippen LogP contribution in [0.2, 0.25) is 0 Å². The van der Waals surface area contributed by atoms with E-state index < -0.39 is 0 Å². The monoisotopic (exact) mass is 498 g/mol. The summed E-state index contributed by atoms with van der Waals surface area (Å²) < 4.78 is 13.6. The SMILES string of the molecule is CC1(C)CNCCC1Nc1nc(-c2ccnc(Nc3cc(F)ccn3)c2)nc2cncc(C3CCC3)c12. The van der Waals surface area contributed by atoms with Gasteiger partial charge in [-0.05, 0) is 60.9 Å². The molecule has 0 amide bonds. The fraction of sp³-hybridized carbons (Fsp3) is 0.393. The van der Waals surface area contributed by atoms with Crippen LogP contribution >= 0.6 is 0 Å². The second kappa shape index (κ2) is 9.63. The van der Waals surface area contributed by atoms with E-state index in [1.807, 2.05) is 24.5 Å². The van der Waals surface area contributed by atoms with Crippen molar-refractivity contribution >= 4 is 28.4 Å². The fourth-order valence-electron chi connectivity index (χ4n) is 5.22. The van der Waals surface area contributed by atoms with Crippen molar-refractivity contribution in [1.82, 2.24) is 30.2 Å². The van der Waals surface area contributed by atoms with Gasteiger partial charge in [0.2, 0.25) is 0 Å². The quantitative estimate of drug-likeness (QED) is 0.323. The van der Waals surface area contributed by atoms with Gasteiger partial charge in [0.25, 0.3) is 0 Å². The highest BCUT2D eigenvalue weighted by atomic mass is 19.1. The van der Waals surface area contributed by atoms with Crippen LogP contribution in [0.15, 0.2) is 49.1 Å². The van der Waals surface area contributed by atoms with Crippen molar-refractivity contribution in [2.75, 3.05) is 23.7 Å². The van der Waals surface area contributed by atoms with Gasteiger partial charge < -0.3 is 16.0 Å². The zero-order valence-corrected chi connectivity index (χ0v) is 21.1. The van der Waals surface area contributed by atoms with Gasteiger partial charge in [0.05, 0.1) is 11.7 Å². The van der Waals surface area contributed by atoms with Crippen molar-refractivity contribution < 1.29 is 4.39 Å². The molecule has 5 heterocycles. The summed E-state index contributed by atoms with van der Waals surface area (Å²) in [5, 5.41) is 11.5. The van der Waals surface area contributed by atoms with Gasteiger partial charge in [-0.15, -0.1) is 0 Å². The lowest BCUT2D eigenvalue weighted by Gasteiger charge is -2.40. The third kappa shape index (κ3) is 4.83. The highest BCUT2D eigenvalue weighted by Gasteiger charge is 2.33. The van der Waals surface area contributed by atoms with Gasteiger partial charge in [0.1, 0.15) is 23.3 Å². The number of halogens is 1. The summed E-state index contributed by atoms with van der Waals surface area (Å²) in [4.78, 5) is 23.1. The highest BCUT2D eigenvalue weighted by molar-refractivity contribution is 5.93. The van der Waals surface area contributed by atoms with E-state index in [4.69, 9.17) is 9.97 Å². The Morgan fingerprint density at radius 1 is 1.00 bits per heavy atom. The molecule has 8 nitrogen and oxygen atoms in total. The maximum atomic E-state index is 13.6. The summed E-state index contributed by atoms with van der Waals surface area (Å²) in [5.41, 5.74) is 2.95. The van der Waals surface area contributed by atoms with Crippen LogP contribution in [0.3, 0.4) is 0 Å². The van der Waals surface area contributed by atoms with Gasteiger partial charge in [-0.1, -0.05) is 20.3 Å². The molecule has 1 atom stereocenters. The molecule has 1 saturated heterocycles. The summed E-state index contributed by atoms with van der Waals surface area (Å²) >= 11 is 0. The van der Waals surface area contributed by atoms with E-state index in [1.54, 1.807) is 6.20 Å². The summed E-state index contributed by atoms with van der Waals surface area (Å²) in [6.07, 6.45) is 11.5. The average molecular weight is 499 g/mol. The molecule has 37 heavy (non-hydrogen) atoms. The normalized spacial score (nSPS) is 19.4. The lowest BCUT2D eigenvalue weighted by Crippen LogP contribution is -2.49. The lowest BCUT2D eigenvalue weighted by atomic mass is 9.78. The zero-order valence-electron chi connectivity index (χ0n) is 21.1. The molecule has 1 saturated carbocycles. The number of hydrogen-bond donors (Lipinski definition) is 3. The zero-order chi connectivity index (χ0) is 25.4. The van der Waals surface area contributed by atoms with E-state index in [9.17, 15) is 4.39 Å². The van der Waals surface area contributed by atoms with Gasteiger partial charge >= 0.3 is 0 Å². The van der Waals surface area contributed by atoms with Gasteiger partial charge in [0, 0.05) is 48.2 Å². The van der Waals surface area contributed by atoms with Crippen molar-refractivity contribution in [3.05, 3.63) is 60.4 Å². The summed E-state index contributed by atoms with van der Waals surface area (Å²) in [6.45, 7) is 6.50. The van der Waals surface area contributed by atoms with Gasteiger partial charge in [-0.3, -0.25) is 4.98 Å². The van der Waals surface area contributed by atoms with Gasteiger partial charge in [-0.25, -0.2) is 24.3 Å². The molecule has 0 aromatic carbocycles. The standard InChI is InChI=1S/C28H31FN8/c1-28(2)16-30-9-8-22(28)35-27-25-20(17-4-3-5-17)14-31-15-21(25)34-26(37-27)18-6-10-32-23(12-18)36-24-13-19(29)7-11-33-24/h6-7,10-15,17,22,30H,3-5,8-9,16H2,1-2H3,(H,32,33,36)(H,34,35,37). The molecule has 1 unspecified atom stereocenters.